The van der Waals surface area contributed by atoms with Gasteiger partial charge >= 0.3 is 0 Å². The maximum atomic E-state index is 4.75. The molecule has 3 heteroatoms. The summed E-state index contributed by atoms with van der Waals surface area (Å²) in [5, 5.41) is 8.42. The summed E-state index contributed by atoms with van der Waals surface area (Å²) in [6.45, 7) is 1.16. The fraction of sp³-hybridized carbons (Fsp3) is 0.750. The van der Waals surface area contributed by atoms with Crippen molar-refractivity contribution in [2.24, 2.45) is 5.92 Å². The number of nitrogens with one attached hydrogen (secondary N) is 1. The molecule has 3 heterocycles. The van der Waals surface area contributed by atoms with E-state index >= 15 is 0 Å². The van der Waals surface area contributed by atoms with Gasteiger partial charge in [-0.1, -0.05) is 0 Å². The van der Waals surface area contributed by atoms with Crippen LogP contribution < -0.4 is 5.32 Å². The van der Waals surface area contributed by atoms with Gasteiger partial charge in [0.15, 0.2) is 0 Å². The zero-order valence-corrected chi connectivity index (χ0v) is 8.95. The molecule has 1 aromatic rings. The van der Waals surface area contributed by atoms with Crippen molar-refractivity contribution in [1.82, 2.24) is 15.1 Å². The maximum absolute atomic E-state index is 4.75. The van der Waals surface area contributed by atoms with E-state index in [2.05, 4.69) is 16.2 Å². The third kappa shape index (κ3) is 1.33. The molecule has 1 aliphatic carbocycles. The summed E-state index contributed by atoms with van der Waals surface area (Å²) in [6.07, 6.45) is 8.93. The molecule has 0 spiro atoms. The van der Waals surface area contributed by atoms with Gasteiger partial charge in [-0.3, -0.25) is 4.68 Å². The Hall–Kier alpha value is -0.830. The number of rotatable bonds is 2. The highest BCUT2D eigenvalue weighted by Crippen LogP contribution is 2.36. The van der Waals surface area contributed by atoms with E-state index in [9.17, 15) is 0 Å². The van der Waals surface area contributed by atoms with Gasteiger partial charge in [-0.05, 0) is 31.6 Å². The Labute approximate surface area is 89.9 Å². The molecule has 1 N–H and O–H groups in total. The molecule has 0 radical (unpaired) electrons. The summed E-state index contributed by atoms with van der Waals surface area (Å²) in [7, 11) is 0. The largest absolute Gasteiger partial charge is 0.307 e. The summed E-state index contributed by atoms with van der Waals surface area (Å²) >= 11 is 0. The second-order valence-electron chi connectivity index (χ2n) is 5.39. The van der Waals surface area contributed by atoms with Crippen molar-refractivity contribution in [3.63, 3.8) is 0 Å². The molecule has 80 valence electrons. The monoisotopic (exact) mass is 203 g/mol. The number of aromatic nitrogens is 2. The maximum Gasteiger partial charge on any atom is 0.0687 e. The van der Waals surface area contributed by atoms with Crippen LogP contribution in [0.1, 0.15) is 43.0 Å². The molecular formula is C12H17N3. The number of hydrogen-bond donors (Lipinski definition) is 1. The molecule has 4 rings (SSSR count). The van der Waals surface area contributed by atoms with Crippen molar-refractivity contribution in [3.05, 3.63) is 17.5 Å². The average Bonchev–Trinajstić information content (AvgIpc) is 2.81. The number of nitrogens with zero attached hydrogens (tertiary/aromatic N) is 2. The van der Waals surface area contributed by atoms with Crippen LogP contribution in [-0.4, -0.2) is 15.8 Å². The van der Waals surface area contributed by atoms with Gasteiger partial charge in [-0.15, -0.1) is 0 Å². The van der Waals surface area contributed by atoms with E-state index in [0.29, 0.717) is 12.1 Å². The molecule has 1 aromatic heterocycles. The van der Waals surface area contributed by atoms with Gasteiger partial charge in [-0.2, -0.15) is 5.10 Å². The Balaban J connectivity index is 1.66. The zero-order valence-electron chi connectivity index (χ0n) is 8.95. The van der Waals surface area contributed by atoms with Crippen LogP contribution in [0.3, 0.4) is 0 Å². The highest BCUT2D eigenvalue weighted by molar-refractivity contribution is 5.28. The fourth-order valence-electron chi connectivity index (χ4n) is 3.04. The van der Waals surface area contributed by atoms with Crippen LogP contribution in [0, 0.1) is 5.92 Å². The molecule has 15 heavy (non-hydrogen) atoms. The molecule has 3 nitrogen and oxygen atoms in total. The molecular weight excluding hydrogens is 186 g/mol. The predicted molar refractivity (Wildman–Crippen MR) is 57.6 cm³/mol. The molecule has 1 saturated heterocycles. The quantitative estimate of drug-likeness (QED) is 0.792. The van der Waals surface area contributed by atoms with Gasteiger partial charge in [0, 0.05) is 36.8 Å². The Morgan fingerprint density at radius 3 is 3.13 bits per heavy atom. The van der Waals surface area contributed by atoms with E-state index in [1.165, 1.54) is 36.9 Å². The molecule has 2 aliphatic heterocycles. The lowest BCUT2D eigenvalue weighted by molar-refractivity contribution is 0.506. The van der Waals surface area contributed by atoms with Gasteiger partial charge in [0.2, 0.25) is 0 Å². The molecule has 0 aromatic carbocycles. The van der Waals surface area contributed by atoms with Crippen LogP contribution in [0.4, 0.5) is 0 Å². The zero-order chi connectivity index (χ0) is 9.83. The topological polar surface area (TPSA) is 29.9 Å². The van der Waals surface area contributed by atoms with E-state index < -0.39 is 0 Å². The first-order valence-electron chi connectivity index (χ1n) is 6.21. The summed E-state index contributed by atoms with van der Waals surface area (Å²) in [5.74, 6) is 0.927. The Morgan fingerprint density at radius 1 is 1.33 bits per heavy atom. The van der Waals surface area contributed by atoms with Crippen molar-refractivity contribution < 1.29 is 0 Å². The fourth-order valence-corrected chi connectivity index (χ4v) is 3.04. The third-order valence-corrected chi connectivity index (χ3v) is 4.07. The van der Waals surface area contributed by atoms with Crippen molar-refractivity contribution in [2.45, 2.75) is 50.7 Å². The summed E-state index contributed by atoms with van der Waals surface area (Å²) in [5.41, 5.74) is 2.87. The molecule has 2 bridgehead atoms. The van der Waals surface area contributed by atoms with Gasteiger partial charge in [-0.25, -0.2) is 0 Å². The van der Waals surface area contributed by atoms with E-state index in [1.54, 1.807) is 0 Å². The molecule has 0 unspecified atom stereocenters. The van der Waals surface area contributed by atoms with Crippen LogP contribution in [0.25, 0.3) is 0 Å². The molecule has 2 fully saturated rings. The SMILES string of the molecule is c1c2c(nn1CC1CC1)C[C@@H]1CC[C@@H]2N1. The second-order valence-corrected chi connectivity index (χ2v) is 5.39. The van der Waals surface area contributed by atoms with Crippen molar-refractivity contribution in [1.29, 1.82) is 0 Å². The normalized spacial score (nSPS) is 33.1. The Bertz CT molecular complexity index is 392. The van der Waals surface area contributed by atoms with Gasteiger partial charge in [0.05, 0.1) is 5.69 Å². The molecule has 1 saturated carbocycles. The minimum atomic E-state index is 0.617. The number of hydrogen-bond acceptors (Lipinski definition) is 2. The van der Waals surface area contributed by atoms with Crippen molar-refractivity contribution >= 4 is 0 Å². The minimum Gasteiger partial charge on any atom is -0.307 e. The average molecular weight is 203 g/mol. The van der Waals surface area contributed by atoms with Crippen LogP contribution in [0.2, 0.25) is 0 Å². The molecule has 3 aliphatic rings. The summed E-state index contributed by atoms with van der Waals surface area (Å²) in [6, 6.07) is 1.33. The van der Waals surface area contributed by atoms with Crippen LogP contribution in [0.5, 0.6) is 0 Å². The highest BCUT2D eigenvalue weighted by atomic mass is 15.3. The summed E-state index contributed by atoms with van der Waals surface area (Å²) in [4.78, 5) is 0. The minimum absolute atomic E-state index is 0.617. The van der Waals surface area contributed by atoms with Crippen LogP contribution in [-0.2, 0) is 13.0 Å². The van der Waals surface area contributed by atoms with E-state index in [0.717, 1.165) is 18.9 Å². The first-order valence-corrected chi connectivity index (χ1v) is 6.21. The van der Waals surface area contributed by atoms with Crippen LogP contribution >= 0.6 is 0 Å². The third-order valence-electron chi connectivity index (χ3n) is 4.07. The smallest absolute Gasteiger partial charge is 0.0687 e. The second kappa shape index (κ2) is 2.85. The van der Waals surface area contributed by atoms with E-state index in [4.69, 9.17) is 5.10 Å². The standard InChI is InChI=1S/C12H17N3/c1-2-8(1)6-15-7-10-11-4-3-9(13-11)5-12(10)14-15/h7-9,11,13H,1-6H2/t9-,11-/m0/s1. The molecule has 2 atom stereocenters. The van der Waals surface area contributed by atoms with Gasteiger partial charge < -0.3 is 5.32 Å². The van der Waals surface area contributed by atoms with Crippen LogP contribution in [0.15, 0.2) is 6.20 Å². The first-order chi connectivity index (χ1) is 7.38. The summed E-state index contributed by atoms with van der Waals surface area (Å²) < 4.78 is 2.20. The predicted octanol–water partition coefficient (Wildman–Crippen LogP) is 1.64. The van der Waals surface area contributed by atoms with Gasteiger partial charge in [0.1, 0.15) is 0 Å². The lowest BCUT2D eigenvalue weighted by Gasteiger charge is -2.19. The Kier molecular flexibility index (Phi) is 1.58. The van der Waals surface area contributed by atoms with Crippen molar-refractivity contribution in [3.8, 4) is 0 Å². The van der Waals surface area contributed by atoms with Gasteiger partial charge in [0.25, 0.3) is 0 Å². The lowest BCUT2D eigenvalue weighted by atomic mass is 10.0. The van der Waals surface area contributed by atoms with E-state index in [1.807, 2.05) is 0 Å². The molecule has 0 amide bonds. The Morgan fingerprint density at radius 2 is 2.27 bits per heavy atom. The van der Waals surface area contributed by atoms with E-state index in [-0.39, 0.29) is 0 Å². The van der Waals surface area contributed by atoms with Crippen molar-refractivity contribution in [2.75, 3.05) is 0 Å². The first kappa shape index (κ1) is 8.34. The lowest BCUT2D eigenvalue weighted by Crippen LogP contribution is -2.31. The number of fused-ring (bicyclic) bond motifs is 4. The highest BCUT2D eigenvalue weighted by Gasteiger charge is 2.34.